The summed E-state index contributed by atoms with van der Waals surface area (Å²) >= 11 is 2.10. The fourth-order valence-corrected chi connectivity index (χ4v) is 4.09. The Morgan fingerprint density at radius 2 is 1.69 bits per heavy atom. The van der Waals surface area contributed by atoms with Crippen LogP contribution in [0.5, 0.6) is 0 Å². The van der Waals surface area contributed by atoms with Gasteiger partial charge in [-0.3, -0.25) is 0 Å². The monoisotopic (exact) mass is 201 g/mol. The van der Waals surface area contributed by atoms with Crippen LogP contribution in [0.1, 0.15) is 34.6 Å². The lowest BCUT2D eigenvalue weighted by molar-refractivity contribution is 0.258. The summed E-state index contributed by atoms with van der Waals surface area (Å²) in [5, 5.41) is 4.37. The molecule has 2 heteroatoms. The first-order chi connectivity index (χ1) is 6.02. The maximum Gasteiger partial charge on any atom is 0.0568 e. The van der Waals surface area contributed by atoms with E-state index in [4.69, 9.17) is 0 Å². The Morgan fingerprint density at radius 3 is 2.00 bits per heavy atom. The number of thioether (sulfide) groups is 1. The summed E-state index contributed by atoms with van der Waals surface area (Å²) in [6, 6.07) is 0.704. The molecule has 0 bridgehead atoms. The van der Waals surface area contributed by atoms with Crippen molar-refractivity contribution in [1.82, 2.24) is 5.32 Å². The van der Waals surface area contributed by atoms with Crippen molar-refractivity contribution in [1.29, 1.82) is 0 Å². The molecule has 0 spiro atoms. The van der Waals surface area contributed by atoms with Crippen molar-refractivity contribution < 1.29 is 0 Å². The third-order valence-corrected chi connectivity index (χ3v) is 4.37. The average molecular weight is 201 g/mol. The lowest BCUT2D eigenvalue weighted by Crippen LogP contribution is -2.37. The fourth-order valence-electron chi connectivity index (χ4n) is 2.32. The highest BCUT2D eigenvalue weighted by atomic mass is 32.2. The molecule has 1 N–H and O–H groups in total. The van der Waals surface area contributed by atoms with Crippen molar-refractivity contribution in [2.24, 2.45) is 17.8 Å². The molecule has 1 heterocycles. The molecule has 0 aromatic heterocycles. The molecule has 0 amide bonds. The number of hydrogen-bond donors (Lipinski definition) is 1. The van der Waals surface area contributed by atoms with Gasteiger partial charge in [-0.15, -0.1) is 11.8 Å². The van der Waals surface area contributed by atoms with Gasteiger partial charge in [0, 0.05) is 11.8 Å². The molecule has 1 aliphatic rings. The van der Waals surface area contributed by atoms with E-state index in [0.29, 0.717) is 11.4 Å². The van der Waals surface area contributed by atoms with E-state index in [2.05, 4.69) is 51.7 Å². The predicted octanol–water partition coefficient (Wildman–Crippen LogP) is 2.97. The van der Waals surface area contributed by atoms with Gasteiger partial charge in [-0.2, -0.15) is 0 Å². The standard InChI is InChI=1S/C11H23NS/c1-7(2)10(8(3)4)11-12-9(5)6-13-11/h7-12H,6H2,1-5H3. The molecule has 1 aliphatic heterocycles. The minimum atomic E-state index is 0.690. The molecule has 0 saturated carbocycles. The van der Waals surface area contributed by atoms with Crippen LogP contribution in [0.2, 0.25) is 0 Å². The van der Waals surface area contributed by atoms with Crippen LogP contribution in [0.25, 0.3) is 0 Å². The first-order valence-electron chi connectivity index (χ1n) is 5.40. The van der Waals surface area contributed by atoms with Crippen LogP contribution in [-0.4, -0.2) is 17.2 Å². The maximum absolute atomic E-state index is 3.68. The topological polar surface area (TPSA) is 12.0 Å². The third-order valence-electron chi connectivity index (χ3n) is 2.86. The molecular weight excluding hydrogens is 178 g/mol. The first-order valence-corrected chi connectivity index (χ1v) is 6.45. The fraction of sp³-hybridized carbons (Fsp3) is 1.00. The van der Waals surface area contributed by atoms with Crippen molar-refractivity contribution in [3.63, 3.8) is 0 Å². The second-order valence-electron chi connectivity index (χ2n) is 4.89. The van der Waals surface area contributed by atoms with Crippen molar-refractivity contribution in [3.05, 3.63) is 0 Å². The Morgan fingerprint density at radius 1 is 1.15 bits per heavy atom. The SMILES string of the molecule is CC1CSC(C(C(C)C)C(C)C)N1. The third kappa shape index (κ3) is 2.88. The Labute approximate surface area is 87.1 Å². The molecule has 0 radical (unpaired) electrons. The molecule has 78 valence electrons. The van der Waals surface area contributed by atoms with Crippen LogP contribution in [0.4, 0.5) is 0 Å². The second kappa shape index (κ2) is 4.70. The largest absolute Gasteiger partial charge is 0.302 e. The van der Waals surface area contributed by atoms with E-state index in [-0.39, 0.29) is 0 Å². The molecule has 0 aliphatic carbocycles. The van der Waals surface area contributed by atoms with E-state index in [0.717, 1.165) is 17.8 Å². The number of hydrogen-bond acceptors (Lipinski definition) is 2. The van der Waals surface area contributed by atoms with Crippen molar-refractivity contribution in [3.8, 4) is 0 Å². The lowest BCUT2D eigenvalue weighted by Gasteiger charge is -2.30. The highest BCUT2D eigenvalue weighted by molar-refractivity contribution is 8.00. The van der Waals surface area contributed by atoms with E-state index in [1.807, 2.05) is 0 Å². The Kier molecular flexibility index (Phi) is 4.11. The summed E-state index contributed by atoms with van der Waals surface area (Å²) in [5.41, 5.74) is 0. The molecule has 2 unspecified atom stereocenters. The van der Waals surface area contributed by atoms with Crippen LogP contribution < -0.4 is 5.32 Å². The predicted molar refractivity (Wildman–Crippen MR) is 62.0 cm³/mol. The van der Waals surface area contributed by atoms with Gasteiger partial charge in [0.05, 0.1) is 5.37 Å². The van der Waals surface area contributed by atoms with Crippen molar-refractivity contribution in [2.45, 2.75) is 46.0 Å². The summed E-state index contributed by atoms with van der Waals surface area (Å²) in [6.07, 6.45) is 0. The normalized spacial score (nSPS) is 29.5. The quantitative estimate of drug-likeness (QED) is 0.753. The van der Waals surface area contributed by atoms with E-state index >= 15 is 0 Å². The zero-order valence-corrected chi connectivity index (χ0v) is 10.3. The lowest BCUT2D eigenvalue weighted by atomic mass is 9.85. The molecular formula is C11H23NS. The van der Waals surface area contributed by atoms with Gasteiger partial charge < -0.3 is 5.32 Å². The highest BCUT2D eigenvalue weighted by Gasteiger charge is 2.32. The minimum absolute atomic E-state index is 0.690. The molecule has 1 nitrogen and oxygen atoms in total. The van der Waals surface area contributed by atoms with Gasteiger partial charge in [0.2, 0.25) is 0 Å². The molecule has 1 rings (SSSR count). The summed E-state index contributed by atoms with van der Waals surface area (Å²) in [7, 11) is 0. The highest BCUT2D eigenvalue weighted by Crippen LogP contribution is 2.34. The van der Waals surface area contributed by atoms with Gasteiger partial charge >= 0.3 is 0 Å². The van der Waals surface area contributed by atoms with E-state index in [1.165, 1.54) is 5.75 Å². The maximum atomic E-state index is 3.68. The summed E-state index contributed by atoms with van der Waals surface area (Å²) in [6.45, 7) is 11.7. The molecule has 13 heavy (non-hydrogen) atoms. The van der Waals surface area contributed by atoms with Crippen LogP contribution in [-0.2, 0) is 0 Å². The van der Waals surface area contributed by atoms with E-state index in [1.54, 1.807) is 0 Å². The molecule has 1 fully saturated rings. The number of nitrogens with one attached hydrogen (secondary N) is 1. The summed E-state index contributed by atoms with van der Waals surface area (Å²) < 4.78 is 0. The van der Waals surface area contributed by atoms with Crippen molar-refractivity contribution >= 4 is 11.8 Å². The molecule has 0 aromatic rings. The first kappa shape index (κ1) is 11.4. The van der Waals surface area contributed by atoms with Gasteiger partial charge in [0.1, 0.15) is 0 Å². The van der Waals surface area contributed by atoms with Gasteiger partial charge in [-0.25, -0.2) is 0 Å². The summed E-state index contributed by atoms with van der Waals surface area (Å²) in [5.74, 6) is 3.67. The smallest absolute Gasteiger partial charge is 0.0568 e. The van der Waals surface area contributed by atoms with Crippen LogP contribution in [0.3, 0.4) is 0 Å². The zero-order chi connectivity index (χ0) is 10.0. The zero-order valence-electron chi connectivity index (χ0n) is 9.50. The van der Waals surface area contributed by atoms with E-state index < -0.39 is 0 Å². The second-order valence-corrected chi connectivity index (χ2v) is 6.06. The van der Waals surface area contributed by atoms with E-state index in [9.17, 15) is 0 Å². The van der Waals surface area contributed by atoms with Gasteiger partial charge in [0.15, 0.2) is 0 Å². The van der Waals surface area contributed by atoms with Crippen LogP contribution in [0, 0.1) is 17.8 Å². The number of rotatable bonds is 3. The van der Waals surface area contributed by atoms with Gasteiger partial charge in [-0.05, 0) is 24.7 Å². The van der Waals surface area contributed by atoms with Gasteiger partial charge in [0.25, 0.3) is 0 Å². The average Bonchev–Trinajstić information content (AvgIpc) is 2.34. The Bertz CT molecular complexity index is 148. The van der Waals surface area contributed by atoms with Crippen molar-refractivity contribution in [2.75, 3.05) is 5.75 Å². The Hall–Kier alpha value is 0.310. The molecule has 0 aromatic carbocycles. The van der Waals surface area contributed by atoms with Crippen LogP contribution >= 0.6 is 11.8 Å². The Balaban J connectivity index is 2.55. The molecule has 1 saturated heterocycles. The summed E-state index contributed by atoms with van der Waals surface area (Å²) in [4.78, 5) is 0. The van der Waals surface area contributed by atoms with Gasteiger partial charge in [-0.1, -0.05) is 27.7 Å². The van der Waals surface area contributed by atoms with Crippen LogP contribution in [0.15, 0.2) is 0 Å². The minimum Gasteiger partial charge on any atom is -0.302 e. The molecule has 2 atom stereocenters.